The van der Waals surface area contributed by atoms with Gasteiger partial charge in [-0.25, -0.2) is 9.78 Å². The molecule has 0 fully saturated rings. The van der Waals surface area contributed by atoms with E-state index in [1.54, 1.807) is 16.2 Å². The molecule has 0 saturated carbocycles. The summed E-state index contributed by atoms with van der Waals surface area (Å²) in [6.07, 6.45) is 0.609. The van der Waals surface area contributed by atoms with Crippen molar-refractivity contribution >= 4 is 17.4 Å². The molecule has 88 valence electrons. The molecule has 4 nitrogen and oxygen atoms in total. The van der Waals surface area contributed by atoms with Crippen LogP contribution in [-0.4, -0.2) is 28.1 Å². The minimum atomic E-state index is -0.244. The first-order valence-corrected chi connectivity index (χ1v) is 6.28. The Balaban J connectivity index is 2.24. The third kappa shape index (κ3) is 1.91. The van der Waals surface area contributed by atoms with E-state index in [2.05, 4.69) is 18.8 Å². The number of carbonyl (C=O) groups excluding carboxylic acids is 1. The van der Waals surface area contributed by atoms with E-state index in [-0.39, 0.29) is 11.6 Å². The smallest absolute Gasteiger partial charge is 0.410 e. The van der Waals surface area contributed by atoms with Gasteiger partial charge in [-0.1, -0.05) is 0 Å². The molecular weight excluding hydrogens is 224 g/mol. The van der Waals surface area contributed by atoms with Crippen molar-refractivity contribution in [2.45, 2.75) is 39.3 Å². The summed E-state index contributed by atoms with van der Waals surface area (Å²) in [5.74, 6) is 0. The minimum Gasteiger partial charge on any atom is -0.450 e. The summed E-state index contributed by atoms with van der Waals surface area (Å²) >= 11 is 1.66. The molecule has 1 aromatic rings. The van der Waals surface area contributed by atoms with Gasteiger partial charge in [-0.05, 0) is 20.8 Å². The van der Waals surface area contributed by atoms with Crippen molar-refractivity contribution in [1.29, 1.82) is 0 Å². The van der Waals surface area contributed by atoms with Gasteiger partial charge in [-0.3, -0.25) is 4.90 Å². The second-order valence-electron chi connectivity index (χ2n) is 4.50. The molecule has 2 rings (SSSR count). The Kier molecular flexibility index (Phi) is 2.88. The zero-order chi connectivity index (χ0) is 11.8. The van der Waals surface area contributed by atoms with Gasteiger partial charge in [0, 0.05) is 16.8 Å². The molecule has 0 spiro atoms. The largest absolute Gasteiger partial charge is 0.450 e. The maximum absolute atomic E-state index is 11.8. The molecule has 0 unspecified atom stereocenters. The molecule has 1 amide bonds. The number of carbonyl (C=O) groups is 1. The second kappa shape index (κ2) is 4.05. The normalized spacial score (nSPS) is 18.1. The zero-order valence-corrected chi connectivity index (χ0v) is 10.6. The second-order valence-corrected chi connectivity index (χ2v) is 5.44. The molecule has 0 atom stereocenters. The van der Waals surface area contributed by atoms with Crippen molar-refractivity contribution < 1.29 is 9.53 Å². The number of fused-ring (bicyclic) bond motifs is 1. The van der Waals surface area contributed by atoms with Crippen LogP contribution in [-0.2, 0) is 17.7 Å². The Morgan fingerprint density at radius 3 is 3.12 bits per heavy atom. The lowest BCUT2D eigenvalue weighted by Gasteiger charge is -2.40. The number of hydrogen-bond acceptors (Lipinski definition) is 4. The fourth-order valence-corrected chi connectivity index (χ4v) is 2.93. The zero-order valence-electron chi connectivity index (χ0n) is 9.82. The van der Waals surface area contributed by atoms with Crippen LogP contribution in [0, 0.1) is 0 Å². The lowest BCUT2D eigenvalue weighted by atomic mass is 9.93. The predicted octanol–water partition coefficient (Wildman–Crippen LogP) is 2.44. The Labute approximate surface area is 99.2 Å². The molecule has 0 aliphatic carbocycles. The molecule has 1 aliphatic rings. The van der Waals surface area contributed by atoms with Crippen molar-refractivity contribution in [2.75, 3.05) is 6.61 Å². The van der Waals surface area contributed by atoms with Crippen molar-refractivity contribution in [1.82, 2.24) is 9.88 Å². The molecule has 0 radical (unpaired) electrons. The number of hydrogen-bond donors (Lipinski definition) is 0. The predicted molar refractivity (Wildman–Crippen MR) is 62.5 cm³/mol. The molecule has 1 aliphatic heterocycles. The average Bonchev–Trinajstić information content (AvgIpc) is 2.61. The lowest BCUT2D eigenvalue weighted by molar-refractivity contribution is 0.0547. The van der Waals surface area contributed by atoms with E-state index in [4.69, 9.17) is 4.74 Å². The highest BCUT2D eigenvalue weighted by Crippen LogP contribution is 2.32. The molecule has 1 aromatic heterocycles. The molecule has 0 aromatic carbocycles. The highest BCUT2D eigenvalue weighted by Gasteiger charge is 2.38. The summed E-state index contributed by atoms with van der Waals surface area (Å²) in [5.41, 5.74) is 2.67. The molecular formula is C11H16N2O2S. The van der Waals surface area contributed by atoms with E-state index in [0.717, 1.165) is 12.1 Å². The van der Waals surface area contributed by atoms with Crippen molar-refractivity contribution in [3.63, 3.8) is 0 Å². The summed E-state index contributed by atoms with van der Waals surface area (Å²) in [5, 5.41) is 0. The van der Waals surface area contributed by atoms with Gasteiger partial charge < -0.3 is 4.74 Å². The van der Waals surface area contributed by atoms with Crippen LogP contribution in [0.2, 0.25) is 0 Å². The Hall–Kier alpha value is -1.10. The summed E-state index contributed by atoms with van der Waals surface area (Å²) < 4.78 is 5.07. The number of ether oxygens (including phenoxy) is 1. The van der Waals surface area contributed by atoms with Crippen LogP contribution in [0.25, 0.3) is 0 Å². The Bertz CT molecular complexity index is 400. The van der Waals surface area contributed by atoms with Crippen LogP contribution >= 0.6 is 11.3 Å². The maximum Gasteiger partial charge on any atom is 0.410 e. The standard InChI is InChI=1S/C11H16N2O2S/c1-4-15-10(14)13-6-8-9(16-7-12-8)5-11(13,2)3/h7H,4-6H2,1-3H3. The number of rotatable bonds is 1. The van der Waals surface area contributed by atoms with Crippen LogP contribution < -0.4 is 0 Å². The van der Waals surface area contributed by atoms with Gasteiger partial charge in [0.15, 0.2) is 0 Å². The first kappa shape index (κ1) is 11.4. The number of aromatic nitrogens is 1. The average molecular weight is 240 g/mol. The van der Waals surface area contributed by atoms with Crippen molar-refractivity contribution in [2.24, 2.45) is 0 Å². The summed E-state index contributed by atoms with van der Waals surface area (Å²) in [6, 6.07) is 0. The number of thiazole rings is 1. The van der Waals surface area contributed by atoms with Gasteiger partial charge in [0.25, 0.3) is 0 Å². The number of amides is 1. The summed E-state index contributed by atoms with van der Waals surface area (Å²) in [7, 11) is 0. The van der Waals surface area contributed by atoms with Crippen LogP contribution in [0.3, 0.4) is 0 Å². The first-order valence-electron chi connectivity index (χ1n) is 5.40. The summed E-state index contributed by atoms with van der Waals surface area (Å²) in [4.78, 5) is 19.2. The van der Waals surface area contributed by atoms with Gasteiger partial charge in [-0.15, -0.1) is 11.3 Å². The lowest BCUT2D eigenvalue weighted by Crippen LogP contribution is -2.51. The topological polar surface area (TPSA) is 42.4 Å². The quantitative estimate of drug-likeness (QED) is 0.757. The Morgan fingerprint density at radius 2 is 2.44 bits per heavy atom. The van der Waals surface area contributed by atoms with Crippen LogP contribution in [0.4, 0.5) is 4.79 Å². The third-order valence-corrected chi connectivity index (χ3v) is 3.72. The number of nitrogens with zero attached hydrogens (tertiary/aromatic N) is 2. The SMILES string of the molecule is CCOC(=O)N1Cc2ncsc2CC1(C)C. The fraction of sp³-hybridized carbons (Fsp3) is 0.636. The van der Waals surface area contributed by atoms with Crippen LogP contribution in [0.1, 0.15) is 31.3 Å². The molecule has 5 heteroatoms. The highest BCUT2D eigenvalue weighted by molar-refractivity contribution is 7.09. The molecule has 0 saturated heterocycles. The van der Waals surface area contributed by atoms with Crippen molar-refractivity contribution in [3.8, 4) is 0 Å². The Morgan fingerprint density at radius 1 is 1.69 bits per heavy atom. The van der Waals surface area contributed by atoms with Gasteiger partial charge in [-0.2, -0.15) is 0 Å². The minimum absolute atomic E-state index is 0.189. The third-order valence-electron chi connectivity index (χ3n) is 2.85. The van der Waals surface area contributed by atoms with E-state index < -0.39 is 0 Å². The van der Waals surface area contributed by atoms with Crippen LogP contribution in [0.15, 0.2) is 5.51 Å². The van der Waals surface area contributed by atoms with E-state index in [1.165, 1.54) is 4.88 Å². The van der Waals surface area contributed by atoms with E-state index in [0.29, 0.717) is 13.2 Å². The van der Waals surface area contributed by atoms with Gasteiger partial charge in [0.05, 0.1) is 24.4 Å². The van der Waals surface area contributed by atoms with E-state index >= 15 is 0 Å². The van der Waals surface area contributed by atoms with Gasteiger partial charge in [0.2, 0.25) is 0 Å². The molecule has 0 N–H and O–H groups in total. The van der Waals surface area contributed by atoms with E-state index in [1.807, 2.05) is 12.4 Å². The summed E-state index contributed by atoms with van der Waals surface area (Å²) in [6.45, 7) is 6.92. The van der Waals surface area contributed by atoms with Gasteiger partial charge in [0.1, 0.15) is 0 Å². The van der Waals surface area contributed by atoms with Crippen LogP contribution in [0.5, 0.6) is 0 Å². The van der Waals surface area contributed by atoms with Gasteiger partial charge >= 0.3 is 6.09 Å². The van der Waals surface area contributed by atoms with Crippen molar-refractivity contribution in [3.05, 3.63) is 16.1 Å². The first-order chi connectivity index (χ1) is 7.54. The molecule has 2 heterocycles. The monoisotopic (exact) mass is 240 g/mol. The maximum atomic E-state index is 11.8. The molecule has 16 heavy (non-hydrogen) atoms. The highest BCUT2D eigenvalue weighted by atomic mass is 32.1. The molecule has 0 bridgehead atoms. The fourth-order valence-electron chi connectivity index (χ4n) is 1.93. The van der Waals surface area contributed by atoms with E-state index in [9.17, 15) is 4.79 Å².